The van der Waals surface area contributed by atoms with Crippen molar-refractivity contribution in [1.29, 1.82) is 0 Å². The van der Waals surface area contributed by atoms with Crippen LogP contribution in [0.5, 0.6) is 11.5 Å². The van der Waals surface area contributed by atoms with Crippen LogP contribution in [-0.4, -0.2) is 24.9 Å². The molecule has 130 valence electrons. The van der Waals surface area contributed by atoms with Crippen molar-refractivity contribution in [3.63, 3.8) is 0 Å². The van der Waals surface area contributed by atoms with Gasteiger partial charge in [-0.05, 0) is 30.7 Å². The van der Waals surface area contributed by atoms with E-state index in [1.54, 1.807) is 24.3 Å². The highest BCUT2D eigenvalue weighted by Crippen LogP contribution is 2.37. The molecule has 24 heavy (non-hydrogen) atoms. The molecule has 4 nitrogen and oxygen atoms in total. The van der Waals surface area contributed by atoms with Crippen molar-refractivity contribution >= 4 is 11.6 Å². The molecule has 0 heterocycles. The lowest BCUT2D eigenvalue weighted by atomic mass is 10.2. The van der Waals surface area contributed by atoms with E-state index in [1.807, 2.05) is 13.0 Å². The highest BCUT2D eigenvalue weighted by Gasteiger charge is 2.13. The van der Waals surface area contributed by atoms with Crippen LogP contribution in [0, 0.1) is 5.82 Å². The van der Waals surface area contributed by atoms with Crippen molar-refractivity contribution in [3.05, 3.63) is 58.4 Å². The van der Waals surface area contributed by atoms with Gasteiger partial charge in [-0.1, -0.05) is 29.8 Å². The van der Waals surface area contributed by atoms with Crippen LogP contribution in [0.2, 0.25) is 5.02 Å². The smallest absolute Gasteiger partial charge is 0.180 e. The fourth-order valence-electron chi connectivity index (χ4n) is 2.20. The zero-order valence-corrected chi connectivity index (χ0v) is 14.3. The van der Waals surface area contributed by atoms with Crippen molar-refractivity contribution in [2.45, 2.75) is 20.1 Å². The third-order valence-corrected chi connectivity index (χ3v) is 3.60. The second-order valence-corrected chi connectivity index (χ2v) is 5.53. The van der Waals surface area contributed by atoms with Crippen LogP contribution in [0.25, 0.3) is 0 Å². The van der Waals surface area contributed by atoms with Gasteiger partial charge in [-0.25, -0.2) is 4.39 Å². The number of hydrogen-bond donors (Lipinski definition) is 2. The minimum Gasteiger partial charge on any atom is -0.490 e. The first-order chi connectivity index (χ1) is 11.7. The van der Waals surface area contributed by atoms with Crippen LogP contribution < -0.4 is 14.8 Å². The quantitative estimate of drug-likeness (QED) is 0.677. The van der Waals surface area contributed by atoms with Gasteiger partial charge in [-0.3, -0.25) is 0 Å². The Morgan fingerprint density at radius 1 is 1.21 bits per heavy atom. The molecule has 6 heteroatoms. The molecule has 2 aromatic carbocycles. The molecule has 0 spiro atoms. The van der Waals surface area contributed by atoms with Crippen molar-refractivity contribution in [1.82, 2.24) is 5.32 Å². The van der Waals surface area contributed by atoms with Crippen LogP contribution >= 0.6 is 11.6 Å². The summed E-state index contributed by atoms with van der Waals surface area (Å²) in [4.78, 5) is 0. The SMILES string of the molecule is CCOc1cc(CNCCO)cc(Cl)c1OCc1ccccc1F. The third kappa shape index (κ3) is 5.09. The van der Waals surface area contributed by atoms with E-state index in [4.69, 9.17) is 26.2 Å². The van der Waals surface area contributed by atoms with E-state index in [9.17, 15) is 4.39 Å². The van der Waals surface area contributed by atoms with E-state index in [0.717, 1.165) is 5.56 Å². The second-order valence-electron chi connectivity index (χ2n) is 5.12. The van der Waals surface area contributed by atoms with Gasteiger partial charge in [0.15, 0.2) is 11.5 Å². The van der Waals surface area contributed by atoms with E-state index >= 15 is 0 Å². The summed E-state index contributed by atoms with van der Waals surface area (Å²) in [6.07, 6.45) is 0. The fraction of sp³-hybridized carbons (Fsp3) is 0.333. The summed E-state index contributed by atoms with van der Waals surface area (Å²) in [6, 6.07) is 10.0. The molecule has 0 atom stereocenters. The fourth-order valence-corrected chi connectivity index (χ4v) is 2.49. The molecule has 0 aliphatic rings. The molecular formula is C18H21ClFNO3. The summed E-state index contributed by atoms with van der Waals surface area (Å²) >= 11 is 6.31. The van der Waals surface area contributed by atoms with E-state index in [-0.39, 0.29) is 19.0 Å². The topological polar surface area (TPSA) is 50.7 Å². The first kappa shape index (κ1) is 18.5. The van der Waals surface area contributed by atoms with Crippen LogP contribution in [0.3, 0.4) is 0 Å². The Bertz CT molecular complexity index is 667. The maximum absolute atomic E-state index is 13.7. The predicted molar refractivity (Wildman–Crippen MR) is 92.1 cm³/mol. The summed E-state index contributed by atoms with van der Waals surface area (Å²) in [5.41, 5.74) is 1.36. The normalized spacial score (nSPS) is 10.7. The van der Waals surface area contributed by atoms with Gasteiger partial charge in [-0.2, -0.15) is 0 Å². The average Bonchev–Trinajstić information content (AvgIpc) is 2.56. The Balaban J connectivity index is 2.16. The van der Waals surface area contributed by atoms with Gasteiger partial charge in [0.2, 0.25) is 0 Å². The van der Waals surface area contributed by atoms with Gasteiger partial charge in [0.1, 0.15) is 12.4 Å². The molecule has 0 aromatic heterocycles. The standard InChI is InChI=1S/C18H21ClFNO3/c1-2-23-17-10-13(11-21-7-8-22)9-15(19)18(17)24-12-14-5-3-4-6-16(14)20/h3-6,9-10,21-22H,2,7-8,11-12H2,1H3. The Morgan fingerprint density at radius 2 is 2.00 bits per heavy atom. The number of halogens is 2. The number of nitrogens with one attached hydrogen (secondary N) is 1. The first-order valence-corrected chi connectivity index (χ1v) is 8.16. The summed E-state index contributed by atoms with van der Waals surface area (Å²) in [6.45, 7) is 3.50. The Labute approximate surface area is 146 Å². The lowest BCUT2D eigenvalue weighted by molar-refractivity contribution is 0.265. The van der Waals surface area contributed by atoms with Crippen molar-refractivity contribution in [2.75, 3.05) is 19.8 Å². The van der Waals surface area contributed by atoms with E-state index in [0.29, 0.717) is 41.8 Å². The summed E-state index contributed by atoms with van der Waals surface area (Å²) in [5.74, 6) is 0.589. The lowest BCUT2D eigenvalue weighted by Gasteiger charge is -2.16. The molecule has 0 unspecified atom stereocenters. The number of rotatable bonds is 9. The summed E-state index contributed by atoms with van der Waals surface area (Å²) in [5, 5.41) is 12.3. The lowest BCUT2D eigenvalue weighted by Crippen LogP contribution is -2.17. The Morgan fingerprint density at radius 3 is 2.71 bits per heavy atom. The molecule has 0 saturated carbocycles. The molecule has 0 amide bonds. The number of benzene rings is 2. The third-order valence-electron chi connectivity index (χ3n) is 3.32. The van der Waals surface area contributed by atoms with Crippen molar-refractivity contribution in [2.24, 2.45) is 0 Å². The molecule has 2 aromatic rings. The van der Waals surface area contributed by atoms with Gasteiger partial charge < -0.3 is 19.9 Å². The molecule has 0 aliphatic carbocycles. The van der Waals surface area contributed by atoms with Crippen molar-refractivity contribution in [3.8, 4) is 11.5 Å². The average molecular weight is 354 g/mol. The molecule has 0 aliphatic heterocycles. The maximum atomic E-state index is 13.7. The van der Waals surface area contributed by atoms with Gasteiger partial charge in [-0.15, -0.1) is 0 Å². The zero-order valence-electron chi connectivity index (χ0n) is 13.5. The second kappa shape index (κ2) is 9.47. The molecule has 0 saturated heterocycles. The van der Waals surface area contributed by atoms with Crippen LogP contribution in [0.1, 0.15) is 18.1 Å². The highest BCUT2D eigenvalue weighted by atomic mass is 35.5. The maximum Gasteiger partial charge on any atom is 0.180 e. The summed E-state index contributed by atoms with van der Waals surface area (Å²) in [7, 11) is 0. The minimum absolute atomic E-state index is 0.0641. The highest BCUT2D eigenvalue weighted by molar-refractivity contribution is 6.32. The molecular weight excluding hydrogens is 333 g/mol. The van der Waals surface area contributed by atoms with E-state index in [2.05, 4.69) is 5.32 Å². The largest absolute Gasteiger partial charge is 0.490 e. The molecule has 2 rings (SSSR count). The molecule has 0 bridgehead atoms. The van der Waals surface area contributed by atoms with Crippen LogP contribution in [-0.2, 0) is 13.2 Å². The van der Waals surface area contributed by atoms with Crippen LogP contribution in [0.4, 0.5) is 4.39 Å². The monoisotopic (exact) mass is 353 g/mol. The van der Waals surface area contributed by atoms with Gasteiger partial charge in [0.05, 0.1) is 18.2 Å². The molecule has 0 radical (unpaired) electrons. The predicted octanol–water partition coefficient (Wildman–Crippen LogP) is 3.54. The van der Waals surface area contributed by atoms with Gasteiger partial charge >= 0.3 is 0 Å². The number of ether oxygens (including phenoxy) is 2. The number of hydrogen-bond acceptors (Lipinski definition) is 4. The van der Waals surface area contributed by atoms with E-state index in [1.165, 1.54) is 6.07 Å². The first-order valence-electron chi connectivity index (χ1n) is 7.78. The minimum atomic E-state index is -0.323. The van der Waals surface area contributed by atoms with E-state index < -0.39 is 0 Å². The molecule has 0 fully saturated rings. The number of aliphatic hydroxyl groups excluding tert-OH is 1. The van der Waals surface area contributed by atoms with Crippen LogP contribution in [0.15, 0.2) is 36.4 Å². The Hall–Kier alpha value is -1.82. The van der Waals surface area contributed by atoms with Gasteiger partial charge in [0.25, 0.3) is 0 Å². The number of aliphatic hydroxyl groups is 1. The molecule has 2 N–H and O–H groups in total. The van der Waals surface area contributed by atoms with Crippen molar-refractivity contribution < 1.29 is 19.0 Å². The zero-order chi connectivity index (χ0) is 17.4. The van der Waals surface area contributed by atoms with Gasteiger partial charge in [0, 0.05) is 18.7 Å². The Kier molecular flexibility index (Phi) is 7.31. The summed E-state index contributed by atoms with van der Waals surface area (Å²) < 4.78 is 25.0.